The monoisotopic (exact) mass is 449 g/mol. The first-order chi connectivity index (χ1) is 16.1. The number of ether oxygens (including phenoxy) is 1. The van der Waals surface area contributed by atoms with Gasteiger partial charge in [-0.2, -0.15) is 0 Å². The van der Waals surface area contributed by atoms with Gasteiger partial charge in [0.15, 0.2) is 0 Å². The van der Waals surface area contributed by atoms with Crippen LogP contribution in [0.4, 0.5) is 5.69 Å². The highest BCUT2D eigenvalue weighted by Gasteiger charge is 2.24. The van der Waals surface area contributed by atoms with Crippen LogP contribution in [-0.2, 0) is 11.3 Å². The number of rotatable bonds is 8. The maximum atomic E-state index is 12.9. The topological polar surface area (TPSA) is 92.0 Å². The lowest BCUT2D eigenvalue weighted by atomic mass is 10.2. The Morgan fingerprint density at radius 3 is 2.52 bits per heavy atom. The third-order valence-electron chi connectivity index (χ3n) is 5.66. The average molecular weight is 450 g/mol. The summed E-state index contributed by atoms with van der Waals surface area (Å²) in [7, 11) is 1.65. The quantitative estimate of drug-likeness (QED) is 0.522. The zero-order valence-electron chi connectivity index (χ0n) is 18.6. The van der Waals surface area contributed by atoms with E-state index in [0.717, 1.165) is 24.5 Å². The van der Waals surface area contributed by atoms with Crippen LogP contribution in [0.5, 0.6) is 5.75 Å². The Morgan fingerprint density at radius 2 is 1.88 bits per heavy atom. The Kier molecular flexibility index (Phi) is 7.19. The van der Waals surface area contributed by atoms with Crippen LogP contribution in [0.1, 0.15) is 22.7 Å². The fraction of sp³-hybridized carbons (Fsp3) is 0.333. The predicted octanol–water partition coefficient (Wildman–Crippen LogP) is 2.46. The van der Waals surface area contributed by atoms with E-state index in [9.17, 15) is 9.59 Å². The molecular weight excluding hydrogens is 422 g/mol. The van der Waals surface area contributed by atoms with Crippen molar-refractivity contribution in [1.29, 1.82) is 0 Å². The molecule has 172 valence electrons. The summed E-state index contributed by atoms with van der Waals surface area (Å²) in [5, 5.41) is 0. The van der Waals surface area contributed by atoms with Crippen molar-refractivity contribution in [2.24, 2.45) is 0 Å². The third kappa shape index (κ3) is 5.68. The number of methoxy groups -OCH3 is 1. The summed E-state index contributed by atoms with van der Waals surface area (Å²) in [6, 6.07) is 11.5. The Morgan fingerprint density at radius 1 is 1.09 bits per heavy atom. The van der Waals surface area contributed by atoms with Gasteiger partial charge < -0.3 is 23.9 Å². The fourth-order valence-electron chi connectivity index (χ4n) is 3.81. The zero-order valence-corrected chi connectivity index (χ0v) is 18.6. The van der Waals surface area contributed by atoms with Crippen molar-refractivity contribution in [2.45, 2.75) is 13.0 Å². The zero-order chi connectivity index (χ0) is 23.0. The van der Waals surface area contributed by atoms with Gasteiger partial charge in [-0.25, -0.2) is 4.98 Å². The summed E-state index contributed by atoms with van der Waals surface area (Å²) in [6.07, 6.45) is 6.22. The van der Waals surface area contributed by atoms with E-state index in [-0.39, 0.29) is 37.0 Å². The second-order valence-electron chi connectivity index (χ2n) is 7.71. The summed E-state index contributed by atoms with van der Waals surface area (Å²) in [4.78, 5) is 39.6. The smallest absolute Gasteiger partial charge is 0.274 e. The van der Waals surface area contributed by atoms with E-state index in [4.69, 9.17) is 9.15 Å². The van der Waals surface area contributed by atoms with Crippen molar-refractivity contribution in [3.05, 3.63) is 72.7 Å². The van der Waals surface area contributed by atoms with Crippen LogP contribution in [0.3, 0.4) is 0 Å². The van der Waals surface area contributed by atoms with Gasteiger partial charge in [-0.15, -0.1) is 0 Å². The Labute approximate surface area is 192 Å². The molecule has 0 saturated carbocycles. The van der Waals surface area contributed by atoms with Gasteiger partial charge in [0.2, 0.25) is 5.91 Å². The summed E-state index contributed by atoms with van der Waals surface area (Å²) in [6.45, 7) is 3.33. The maximum Gasteiger partial charge on any atom is 0.274 e. The molecule has 2 amide bonds. The molecule has 0 radical (unpaired) electrons. The number of hydrogen-bond donors (Lipinski definition) is 0. The van der Waals surface area contributed by atoms with Crippen molar-refractivity contribution in [1.82, 2.24) is 19.8 Å². The summed E-state index contributed by atoms with van der Waals surface area (Å²) in [5.41, 5.74) is 1.35. The van der Waals surface area contributed by atoms with Crippen molar-refractivity contribution in [3.8, 4) is 5.75 Å². The minimum atomic E-state index is -0.281. The van der Waals surface area contributed by atoms with Crippen LogP contribution in [0, 0.1) is 0 Å². The summed E-state index contributed by atoms with van der Waals surface area (Å²) in [5.74, 6) is 1.22. The molecule has 0 spiro atoms. The van der Waals surface area contributed by atoms with Gasteiger partial charge >= 0.3 is 0 Å². The van der Waals surface area contributed by atoms with Gasteiger partial charge in [-0.1, -0.05) is 0 Å². The molecule has 9 heteroatoms. The second-order valence-corrected chi connectivity index (χ2v) is 7.71. The maximum absolute atomic E-state index is 12.9. The summed E-state index contributed by atoms with van der Waals surface area (Å²) < 4.78 is 10.6. The Hall–Kier alpha value is -3.88. The first-order valence-electron chi connectivity index (χ1n) is 10.9. The summed E-state index contributed by atoms with van der Waals surface area (Å²) >= 11 is 0. The van der Waals surface area contributed by atoms with Gasteiger partial charge in [-0.3, -0.25) is 14.6 Å². The highest BCUT2D eigenvalue weighted by molar-refractivity contribution is 5.92. The lowest BCUT2D eigenvalue weighted by Crippen LogP contribution is -2.49. The molecule has 3 heterocycles. The molecule has 2 aromatic heterocycles. The molecule has 0 unspecified atom stereocenters. The van der Waals surface area contributed by atoms with Crippen LogP contribution >= 0.6 is 0 Å². The number of carbonyl (C=O) groups is 2. The second kappa shape index (κ2) is 10.6. The molecule has 33 heavy (non-hydrogen) atoms. The number of furan rings is 1. The van der Waals surface area contributed by atoms with Gasteiger partial charge in [-0.05, 0) is 36.4 Å². The van der Waals surface area contributed by atoms with Crippen molar-refractivity contribution >= 4 is 17.5 Å². The molecule has 1 fully saturated rings. The van der Waals surface area contributed by atoms with Gasteiger partial charge in [0, 0.05) is 57.2 Å². The van der Waals surface area contributed by atoms with E-state index in [0.29, 0.717) is 18.8 Å². The molecule has 9 nitrogen and oxygen atoms in total. The fourth-order valence-corrected chi connectivity index (χ4v) is 3.81. The van der Waals surface area contributed by atoms with Crippen LogP contribution in [0.15, 0.2) is 65.7 Å². The van der Waals surface area contributed by atoms with Gasteiger partial charge in [0.1, 0.15) is 17.2 Å². The van der Waals surface area contributed by atoms with Crippen LogP contribution in [-0.4, -0.2) is 71.4 Å². The van der Waals surface area contributed by atoms with Crippen LogP contribution in [0.2, 0.25) is 0 Å². The number of anilines is 1. The minimum absolute atomic E-state index is 0.0285. The Balaban J connectivity index is 1.33. The van der Waals surface area contributed by atoms with Crippen LogP contribution < -0.4 is 9.64 Å². The number of hydrogen-bond acceptors (Lipinski definition) is 7. The number of carbonyl (C=O) groups excluding carboxylic acids is 2. The number of nitrogens with zero attached hydrogens (tertiary/aromatic N) is 5. The van der Waals surface area contributed by atoms with Crippen molar-refractivity contribution in [3.63, 3.8) is 0 Å². The molecule has 1 aromatic carbocycles. The molecule has 1 saturated heterocycles. The SMILES string of the molecule is COc1ccc(N2CCN(C(=O)CCN(Cc3ccco3)C(=O)c3cnccn3)CC2)cc1. The first-order valence-corrected chi connectivity index (χ1v) is 10.9. The van der Waals surface area contributed by atoms with E-state index >= 15 is 0 Å². The number of benzene rings is 1. The first kappa shape index (κ1) is 22.3. The lowest BCUT2D eigenvalue weighted by Gasteiger charge is -2.36. The highest BCUT2D eigenvalue weighted by Crippen LogP contribution is 2.21. The number of piperazine rings is 1. The number of amides is 2. The Bertz CT molecular complexity index is 1030. The molecular formula is C24H27N5O4. The van der Waals surface area contributed by atoms with Crippen molar-refractivity contribution < 1.29 is 18.7 Å². The lowest BCUT2D eigenvalue weighted by molar-refractivity contribution is -0.131. The largest absolute Gasteiger partial charge is 0.497 e. The molecule has 0 atom stereocenters. The predicted molar refractivity (Wildman–Crippen MR) is 122 cm³/mol. The number of aromatic nitrogens is 2. The van der Waals surface area contributed by atoms with Crippen LogP contribution in [0.25, 0.3) is 0 Å². The van der Waals surface area contributed by atoms with Crippen molar-refractivity contribution in [2.75, 3.05) is 44.7 Å². The molecule has 0 N–H and O–H groups in total. The van der Waals surface area contributed by atoms with E-state index in [2.05, 4.69) is 14.9 Å². The molecule has 4 rings (SSSR count). The normalized spacial score (nSPS) is 13.6. The third-order valence-corrected chi connectivity index (χ3v) is 5.66. The minimum Gasteiger partial charge on any atom is -0.497 e. The van der Waals surface area contributed by atoms with Gasteiger partial charge in [0.25, 0.3) is 5.91 Å². The molecule has 1 aliphatic heterocycles. The molecule has 1 aliphatic rings. The van der Waals surface area contributed by atoms with E-state index in [1.165, 1.54) is 18.6 Å². The average Bonchev–Trinajstić information content (AvgIpc) is 3.40. The van der Waals surface area contributed by atoms with E-state index < -0.39 is 0 Å². The van der Waals surface area contributed by atoms with E-state index in [1.807, 2.05) is 29.2 Å². The van der Waals surface area contributed by atoms with E-state index in [1.54, 1.807) is 30.4 Å². The molecule has 0 aliphatic carbocycles. The molecule has 0 bridgehead atoms. The molecule has 3 aromatic rings. The standard InChI is InChI=1S/C24H27N5O4/c1-32-20-6-4-19(5-7-20)27-12-14-28(15-13-27)23(30)8-11-29(18-21-3-2-16-33-21)24(31)22-17-25-9-10-26-22/h2-7,9-10,16-17H,8,11-15,18H2,1H3. The highest BCUT2D eigenvalue weighted by atomic mass is 16.5. The van der Waals surface area contributed by atoms with Gasteiger partial charge in [0.05, 0.1) is 26.1 Å².